The van der Waals surface area contributed by atoms with Crippen molar-refractivity contribution in [3.63, 3.8) is 0 Å². The molecule has 0 spiro atoms. The molecule has 0 aliphatic carbocycles. The van der Waals surface area contributed by atoms with Crippen molar-refractivity contribution in [1.29, 1.82) is 0 Å². The Balaban J connectivity index is 2.55. The first-order valence-corrected chi connectivity index (χ1v) is 6.05. The van der Waals surface area contributed by atoms with Gasteiger partial charge in [0.15, 0.2) is 0 Å². The fraction of sp³-hybridized carbons (Fsp3) is 0.300. The fourth-order valence-corrected chi connectivity index (χ4v) is 1.61. The van der Waals surface area contributed by atoms with E-state index in [1.165, 1.54) is 25.3 Å². The molecule has 6 heteroatoms. The Hall–Kier alpha value is -0.620. The molecular formula is C10H9Br2FO3. The maximum Gasteiger partial charge on any atom is 0.322 e. The lowest BCUT2D eigenvalue weighted by Crippen LogP contribution is -2.22. The molecular weight excluding hydrogens is 347 g/mol. The maximum atomic E-state index is 12.9. The van der Waals surface area contributed by atoms with E-state index in [-0.39, 0.29) is 12.4 Å². The van der Waals surface area contributed by atoms with E-state index >= 15 is 0 Å². The molecule has 1 aromatic rings. The van der Waals surface area contributed by atoms with Gasteiger partial charge in [-0.3, -0.25) is 4.79 Å². The number of carbonyl (C=O) groups excluding carboxylic acids is 1. The predicted molar refractivity (Wildman–Crippen MR) is 64.3 cm³/mol. The first-order valence-electron chi connectivity index (χ1n) is 4.34. The van der Waals surface area contributed by atoms with E-state index in [9.17, 15) is 9.18 Å². The third-order valence-electron chi connectivity index (χ3n) is 1.74. The third-order valence-corrected chi connectivity index (χ3v) is 2.99. The first-order chi connectivity index (χ1) is 7.54. The van der Waals surface area contributed by atoms with Crippen LogP contribution in [0.4, 0.5) is 4.39 Å². The molecule has 88 valence electrons. The van der Waals surface area contributed by atoms with Crippen LogP contribution in [0, 0.1) is 5.82 Å². The van der Waals surface area contributed by atoms with Crippen LogP contribution in [0.3, 0.4) is 0 Å². The molecule has 0 aliphatic heterocycles. The van der Waals surface area contributed by atoms with E-state index in [4.69, 9.17) is 4.74 Å². The summed E-state index contributed by atoms with van der Waals surface area (Å²) in [5.74, 6) is -0.307. The van der Waals surface area contributed by atoms with E-state index in [1.54, 1.807) is 0 Å². The zero-order chi connectivity index (χ0) is 12.1. The van der Waals surface area contributed by atoms with Crippen molar-refractivity contribution in [1.82, 2.24) is 0 Å². The zero-order valence-corrected chi connectivity index (χ0v) is 11.5. The van der Waals surface area contributed by atoms with Gasteiger partial charge in [0.2, 0.25) is 0 Å². The maximum absolute atomic E-state index is 12.9. The van der Waals surface area contributed by atoms with Crippen LogP contribution in [0.5, 0.6) is 5.75 Å². The molecule has 0 heterocycles. The minimum Gasteiger partial charge on any atom is -0.492 e. The second kappa shape index (κ2) is 6.20. The fourth-order valence-electron chi connectivity index (χ4n) is 0.932. The van der Waals surface area contributed by atoms with Gasteiger partial charge >= 0.3 is 5.97 Å². The van der Waals surface area contributed by atoms with Gasteiger partial charge in [0.05, 0.1) is 11.6 Å². The van der Waals surface area contributed by atoms with Gasteiger partial charge in [-0.2, -0.15) is 0 Å². The lowest BCUT2D eigenvalue weighted by Gasteiger charge is -2.10. The van der Waals surface area contributed by atoms with Gasteiger partial charge in [-0.15, -0.1) is 0 Å². The van der Waals surface area contributed by atoms with Crippen LogP contribution >= 0.6 is 31.9 Å². The van der Waals surface area contributed by atoms with Gasteiger partial charge in [-0.05, 0) is 34.1 Å². The Kier molecular flexibility index (Phi) is 5.21. The number of hydrogen-bond acceptors (Lipinski definition) is 3. The van der Waals surface area contributed by atoms with Crippen LogP contribution in [0.2, 0.25) is 0 Å². The molecule has 0 aliphatic rings. The first kappa shape index (κ1) is 13.4. The average Bonchev–Trinajstić information content (AvgIpc) is 2.29. The lowest BCUT2D eigenvalue weighted by molar-refractivity contribution is -0.140. The smallest absolute Gasteiger partial charge is 0.322 e. The standard InChI is InChI=1S/C10H9Br2FO3/c1-15-10(14)8(12)5-16-6-2-3-9(13)7(11)4-6/h2-4,8H,5H2,1H3. The van der Waals surface area contributed by atoms with Crippen molar-refractivity contribution in [2.75, 3.05) is 13.7 Å². The normalized spacial score (nSPS) is 12.0. The van der Waals surface area contributed by atoms with Gasteiger partial charge in [-0.1, -0.05) is 15.9 Å². The largest absolute Gasteiger partial charge is 0.492 e. The molecule has 1 atom stereocenters. The van der Waals surface area contributed by atoms with Gasteiger partial charge in [0, 0.05) is 0 Å². The van der Waals surface area contributed by atoms with E-state index in [2.05, 4.69) is 36.6 Å². The number of methoxy groups -OCH3 is 1. The lowest BCUT2D eigenvalue weighted by atomic mass is 10.3. The third kappa shape index (κ3) is 3.75. The number of rotatable bonds is 4. The van der Waals surface area contributed by atoms with Crippen LogP contribution in [0.25, 0.3) is 0 Å². The molecule has 3 nitrogen and oxygen atoms in total. The number of benzene rings is 1. The van der Waals surface area contributed by atoms with Gasteiger partial charge < -0.3 is 9.47 Å². The number of carbonyl (C=O) groups is 1. The Bertz CT molecular complexity index is 384. The molecule has 0 fully saturated rings. The summed E-state index contributed by atoms with van der Waals surface area (Å²) >= 11 is 6.15. The number of esters is 1. The minimum absolute atomic E-state index is 0.116. The number of alkyl halides is 1. The molecule has 0 N–H and O–H groups in total. The second-order valence-corrected chi connectivity index (χ2v) is 4.84. The van der Waals surface area contributed by atoms with E-state index in [0.717, 1.165) is 0 Å². The molecule has 16 heavy (non-hydrogen) atoms. The Morgan fingerprint density at radius 1 is 1.56 bits per heavy atom. The minimum atomic E-state index is -0.540. The summed E-state index contributed by atoms with van der Waals surface area (Å²) in [5.41, 5.74) is 0. The Labute approximate surface area is 109 Å². The second-order valence-electron chi connectivity index (χ2n) is 2.88. The summed E-state index contributed by atoms with van der Waals surface area (Å²) in [6.07, 6.45) is 0. The highest BCUT2D eigenvalue weighted by molar-refractivity contribution is 9.10. The van der Waals surface area contributed by atoms with Crippen molar-refractivity contribution in [3.05, 3.63) is 28.5 Å². The van der Waals surface area contributed by atoms with Crippen molar-refractivity contribution >= 4 is 37.8 Å². The van der Waals surface area contributed by atoms with Crippen molar-refractivity contribution in [3.8, 4) is 5.75 Å². The van der Waals surface area contributed by atoms with Crippen molar-refractivity contribution in [2.45, 2.75) is 4.83 Å². The summed E-state index contributed by atoms with van der Waals surface area (Å²) in [5, 5.41) is 0. The quantitative estimate of drug-likeness (QED) is 0.615. The van der Waals surface area contributed by atoms with Gasteiger partial charge in [-0.25, -0.2) is 4.39 Å². The van der Waals surface area contributed by atoms with Crippen molar-refractivity contribution in [2.24, 2.45) is 0 Å². The van der Waals surface area contributed by atoms with E-state index in [0.29, 0.717) is 10.2 Å². The Morgan fingerprint density at radius 2 is 2.25 bits per heavy atom. The predicted octanol–water partition coefficient (Wildman–Crippen LogP) is 2.90. The highest BCUT2D eigenvalue weighted by atomic mass is 79.9. The van der Waals surface area contributed by atoms with E-state index < -0.39 is 10.8 Å². The summed E-state index contributed by atoms with van der Waals surface area (Å²) in [7, 11) is 1.30. The van der Waals surface area contributed by atoms with E-state index in [1.807, 2.05) is 0 Å². The summed E-state index contributed by atoms with van der Waals surface area (Å²) in [6.45, 7) is 0.116. The van der Waals surface area contributed by atoms with Gasteiger partial charge in [0.1, 0.15) is 23.0 Å². The molecule has 1 rings (SSSR count). The van der Waals surface area contributed by atoms with Crippen LogP contribution in [-0.4, -0.2) is 24.5 Å². The number of hydrogen-bond donors (Lipinski definition) is 0. The monoisotopic (exact) mass is 354 g/mol. The molecule has 0 saturated heterocycles. The molecule has 0 bridgehead atoms. The summed E-state index contributed by atoms with van der Waals surface area (Å²) in [6, 6.07) is 4.25. The van der Waals surface area contributed by atoms with Crippen LogP contribution in [0.1, 0.15) is 0 Å². The molecule has 0 aromatic heterocycles. The molecule has 1 aromatic carbocycles. The van der Waals surface area contributed by atoms with Gasteiger partial charge in [0.25, 0.3) is 0 Å². The molecule has 0 saturated carbocycles. The van der Waals surface area contributed by atoms with Crippen LogP contribution in [-0.2, 0) is 9.53 Å². The average molecular weight is 356 g/mol. The topological polar surface area (TPSA) is 35.5 Å². The molecule has 0 amide bonds. The van der Waals surface area contributed by atoms with Crippen LogP contribution in [0.15, 0.2) is 22.7 Å². The summed E-state index contributed by atoms with van der Waals surface area (Å²) < 4.78 is 23.0. The zero-order valence-electron chi connectivity index (χ0n) is 8.38. The molecule has 0 radical (unpaired) electrons. The Morgan fingerprint density at radius 3 is 2.81 bits per heavy atom. The SMILES string of the molecule is COC(=O)C(Br)COc1ccc(F)c(Br)c1. The number of halogens is 3. The number of ether oxygens (including phenoxy) is 2. The molecule has 1 unspecified atom stereocenters. The highest BCUT2D eigenvalue weighted by Crippen LogP contribution is 2.22. The van der Waals surface area contributed by atoms with Crippen molar-refractivity contribution < 1.29 is 18.7 Å². The van der Waals surface area contributed by atoms with Crippen LogP contribution < -0.4 is 4.74 Å². The highest BCUT2D eigenvalue weighted by Gasteiger charge is 2.15. The summed E-state index contributed by atoms with van der Waals surface area (Å²) in [4.78, 5) is 10.5.